The van der Waals surface area contributed by atoms with Crippen molar-refractivity contribution >= 4 is 17.8 Å². The average Bonchev–Trinajstić information content (AvgIpc) is 3.24. The van der Waals surface area contributed by atoms with Crippen molar-refractivity contribution in [1.29, 1.82) is 0 Å². The molecule has 2 aliphatic rings. The zero-order chi connectivity index (χ0) is 28.5. The fourth-order valence-electron chi connectivity index (χ4n) is 4.99. The number of alkyl halides is 3. The van der Waals surface area contributed by atoms with Gasteiger partial charge >= 0.3 is 12.2 Å². The van der Waals surface area contributed by atoms with Gasteiger partial charge in [-0.15, -0.1) is 6.58 Å². The molecule has 2 aromatic rings. The monoisotopic (exact) mass is 540 g/mol. The molecule has 0 aliphatic carbocycles. The van der Waals surface area contributed by atoms with E-state index in [2.05, 4.69) is 11.9 Å². The zero-order valence-electron chi connectivity index (χ0n) is 22.0. The van der Waals surface area contributed by atoms with E-state index in [0.29, 0.717) is 0 Å². The number of urea groups is 1. The Hall–Kier alpha value is -4.08. The molecule has 0 radical (unpaired) electrons. The van der Waals surface area contributed by atoms with Crippen LogP contribution in [0, 0.1) is 0 Å². The molecular weight excluding hydrogens is 509 g/mol. The van der Waals surface area contributed by atoms with Gasteiger partial charge in [-0.25, -0.2) is 4.79 Å². The molecule has 4 rings (SSSR count). The molecule has 0 spiro atoms. The molecule has 2 heterocycles. The average molecular weight is 541 g/mol. The maximum absolute atomic E-state index is 14.1. The largest absolute Gasteiger partial charge is 0.416 e. The van der Waals surface area contributed by atoms with Crippen molar-refractivity contribution in [3.8, 4) is 0 Å². The van der Waals surface area contributed by atoms with Gasteiger partial charge in [-0.1, -0.05) is 54.6 Å². The van der Waals surface area contributed by atoms with Gasteiger partial charge in [0.25, 0.3) is 5.91 Å². The molecule has 4 amide bonds. The minimum absolute atomic E-state index is 0.0196. The fourth-order valence-corrected chi connectivity index (χ4v) is 4.99. The Bertz CT molecular complexity index is 1310. The molecule has 2 unspecified atom stereocenters. The number of nitrogens with one attached hydrogen (secondary N) is 1. The van der Waals surface area contributed by atoms with E-state index < -0.39 is 35.8 Å². The lowest BCUT2D eigenvalue weighted by atomic mass is 9.91. The van der Waals surface area contributed by atoms with Crippen molar-refractivity contribution < 1.29 is 27.6 Å². The normalized spacial score (nSPS) is 18.3. The van der Waals surface area contributed by atoms with Crippen LogP contribution < -0.4 is 5.32 Å². The number of likely N-dealkylation sites (N-methyl/N-ethyl adjacent to an activating group) is 1. The first-order valence-electron chi connectivity index (χ1n) is 12.6. The van der Waals surface area contributed by atoms with E-state index in [1.54, 1.807) is 11.9 Å². The molecule has 0 aromatic heterocycles. The van der Waals surface area contributed by atoms with Crippen LogP contribution in [0.15, 0.2) is 78.5 Å². The van der Waals surface area contributed by atoms with E-state index in [0.717, 1.165) is 11.6 Å². The third kappa shape index (κ3) is 5.41. The predicted molar refractivity (Wildman–Crippen MR) is 140 cm³/mol. The first-order chi connectivity index (χ1) is 18.5. The summed E-state index contributed by atoms with van der Waals surface area (Å²) in [7, 11) is 1.65. The molecule has 0 fully saturated rings. The van der Waals surface area contributed by atoms with E-state index >= 15 is 0 Å². The first-order valence-corrected chi connectivity index (χ1v) is 12.6. The minimum atomic E-state index is -4.70. The number of amides is 4. The fraction of sp³-hybridized carbons (Fsp3) is 0.345. The van der Waals surface area contributed by atoms with Gasteiger partial charge in [-0.05, 0) is 31.0 Å². The molecule has 10 heteroatoms. The van der Waals surface area contributed by atoms with Crippen molar-refractivity contribution in [2.75, 3.05) is 20.1 Å². The van der Waals surface area contributed by atoms with Crippen molar-refractivity contribution in [3.05, 3.63) is 95.2 Å². The zero-order valence-corrected chi connectivity index (χ0v) is 22.0. The maximum atomic E-state index is 14.1. The van der Waals surface area contributed by atoms with E-state index in [1.807, 2.05) is 44.2 Å². The molecular formula is C29H31F3N4O3. The number of halogens is 3. The number of benzene rings is 2. The smallest absolute Gasteiger partial charge is 0.342 e. The Kier molecular flexibility index (Phi) is 7.85. The Morgan fingerprint density at radius 1 is 1.13 bits per heavy atom. The van der Waals surface area contributed by atoms with Crippen molar-refractivity contribution in [1.82, 2.24) is 20.0 Å². The Labute approximate surface area is 225 Å². The molecule has 206 valence electrons. The Morgan fingerprint density at radius 2 is 1.77 bits per heavy atom. The summed E-state index contributed by atoms with van der Waals surface area (Å²) in [6.45, 7) is 7.32. The second-order valence-electron chi connectivity index (χ2n) is 9.91. The summed E-state index contributed by atoms with van der Waals surface area (Å²) in [5.41, 5.74) is -0.0664. The van der Waals surface area contributed by atoms with E-state index in [-0.39, 0.29) is 48.3 Å². The van der Waals surface area contributed by atoms with Gasteiger partial charge in [-0.2, -0.15) is 13.2 Å². The molecule has 39 heavy (non-hydrogen) atoms. The van der Waals surface area contributed by atoms with Crippen LogP contribution >= 0.6 is 0 Å². The summed E-state index contributed by atoms with van der Waals surface area (Å²) in [6, 6.07) is 11.0. The highest BCUT2D eigenvalue weighted by Gasteiger charge is 2.49. The van der Waals surface area contributed by atoms with E-state index in [9.17, 15) is 27.6 Å². The second kappa shape index (κ2) is 11.0. The molecule has 2 atom stereocenters. The van der Waals surface area contributed by atoms with Crippen molar-refractivity contribution in [2.24, 2.45) is 0 Å². The summed E-state index contributed by atoms with van der Waals surface area (Å²) >= 11 is 0. The summed E-state index contributed by atoms with van der Waals surface area (Å²) in [5.74, 6) is -0.892. The maximum Gasteiger partial charge on any atom is 0.416 e. The second-order valence-corrected chi connectivity index (χ2v) is 9.91. The lowest BCUT2D eigenvalue weighted by Crippen LogP contribution is -2.51. The Balaban J connectivity index is 1.82. The van der Waals surface area contributed by atoms with Crippen molar-refractivity contribution in [3.63, 3.8) is 0 Å². The number of carbonyl (C=O) groups is 3. The van der Waals surface area contributed by atoms with Crippen LogP contribution in [-0.2, 0) is 22.2 Å². The summed E-state index contributed by atoms with van der Waals surface area (Å²) in [5, 5.41) is 2.60. The lowest BCUT2D eigenvalue weighted by molar-refractivity contribution is -0.143. The molecule has 0 saturated heterocycles. The first kappa shape index (κ1) is 27.9. The number of rotatable bonds is 8. The standard InChI is InChI=1S/C29H31F3N4O3/c1-5-15-35-23-17-36(22(26(37)34(4)18(2)3)16-19-11-7-6-8-12-19)27(38)24(23)25(33-28(35)39)20-13-9-10-14-21(20)29(30,31)32/h5-14,18,22,25H,1,15-17H2,2-4H3,(H,33,39). The van der Waals surface area contributed by atoms with Crippen LogP contribution in [0.2, 0.25) is 0 Å². The number of nitrogens with zero attached hydrogens (tertiary/aromatic N) is 3. The number of carbonyl (C=O) groups excluding carboxylic acids is 3. The van der Waals surface area contributed by atoms with Crippen LogP contribution in [0.1, 0.15) is 36.6 Å². The summed E-state index contributed by atoms with van der Waals surface area (Å²) in [4.78, 5) is 45.1. The molecule has 0 bridgehead atoms. The van der Waals surface area contributed by atoms with Gasteiger partial charge in [0.1, 0.15) is 6.04 Å². The predicted octanol–water partition coefficient (Wildman–Crippen LogP) is 4.53. The quantitative estimate of drug-likeness (QED) is 0.500. The van der Waals surface area contributed by atoms with Crippen LogP contribution in [-0.4, -0.2) is 64.8 Å². The van der Waals surface area contributed by atoms with Gasteiger partial charge in [0.05, 0.1) is 29.4 Å². The van der Waals surface area contributed by atoms with Crippen LogP contribution in [0.3, 0.4) is 0 Å². The van der Waals surface area contributed by atoms with Gasteiger partial charge in [0.15, 0.2) is 0 Å². The molecule has 2 aromatic carbocycles. The molecule has 7 nitrogen and oxygen atoms in total. The summed E-state index contributed by atoms with van der Waals surface area (Å²) < 4.78 is 41.9. The minimum Gasteiger partial charge on any atom is -0.342 e. The molecule has 0 saturated carbocycles. The number of hydrogen-bond donors (Lipinski definition) is 1. The highest BCUT2D eigenvalue weighted by atomic mass is 19.4. The van der Waals surface area contributed by atoms with E-state index in [1.165, 1.54) is 34.1 Å². The summed E-state index contributed by atoms with van der Waals surface area (Å²) in [6.07, 6.45) is -3.02. The van der Waals surface area contributed by atoms with Gasteiger partial charge in [0.2, 0.25) is 5.91 Å². The highest BCUT2D eigenvalue weighted by molar-refractivity contribution is 6.03. The third-order valence-electron chi connectivity index (χ3n) is 7.19. The SMILES string of the molecule is C=CCN1C(=O)NC(c2ccccc2C(F)(F)F)C2=C1CN(C(Cc1ccccc1)C(=O)N(C)C(C)C)C2=O. The van der Waals surface area contributed by atoms with Crippen molar-refractivity contribution in [2.45, 2.75) is 44.6 Å². The van der Waals surface area contributed by atoms with Crippen LogP contribution in [0.25, 0.3) is 0 Å². The van der Waals surface area contributed by atoms with E-state index in [4.69, 9.17) is 0 Å². The highest BCUT2D eigenvalue weighted by Crippen LogP contribution is 2.42. The van der Waals surface area contributed by atoms with Gasteiger partial charge in [-0.3, -0.25) is 14.5 Å². The van der Waals surface area contributed by atoms with Crippen LogP contribution in [0.5, 0.6) is 0 Å². The van der Waals surface area contributed by atoms with Crippen LogP contribution in [0.4, 0.5) is 18.0 Å². The Morgan fingerprint density at radius 3 is 2.38 bits per heavy atom. The third-order valence-corrected chi connectivity index (χ3v) is 7.19. The molecule has 1 N–H and O–H groups in total. The lowest BCUT2D eigenvalue weighted by Gasteiger charge is -2.34. The molecule has 2 aliphatic heterocycles. The number of hydrogen-bond acceptors (Lipinski definition) is 3. The van der Waals surface area contributed by atoms with Gasteiger partial charge < -0.3 is 15.1 Å². The topological polar surface area (TPSA) is 73.0 Å². The van der Waals surface area contributed by atoms with Gasteiger partial charge in [0, 0.05) is 26.1 Å².